The van der Waals surface area contributed by atoms with Crippen molar-refractivity contribution >= 4 is 29.2 Å². The quantitative estimate of drug-likeness (QED) is 0.346. The van der Waals surface area contributed by atoms with Crippen LogP contribution >= 0.6 is 0 Å². The molecule has 0 aliphatic carbocycles. The van der Waals surface area contributed by atoms with Gasteiger partial charge in [-0.05, 0) is 66.2 Å². The highest BCUT2D eigenvalue weighted by Crippen LogP contribution is 2.21. The molecule has 0 unspecified atom stereocenters. The SMILES string of the molecule is COc1ccc(C(=O)N/N=C/c2ccc(N=Nc3ccc(N(C)C)cc3)cc2)cc1. The number of methoxy groups -OCH3 is 1. The average Bonchev–Trinajstić information content (AvgIpc) is 2.78. The van der Waals surface area contributed by atoms with Crippen LogP contribution in [0.1, 0.15) is 15.9 Å². The fourth-order valence-corrected chi connectivity index (χ4v) is 2.53. The Labute approximate surface area is 175 Å². The molecule has 0 radical (unpaired) electrons. The summed E-state index contributed by atoms with van der Waals surface area (Å²) in [5.41, 5.74) is 6.46. The number of nitrogens with one attached hydrogen (secondary N) is 1. The third-order valence-corrected chi connectivity index (χ3v) is 4.27. The Hall–Kier alpha value is -4.00. The molecule has 3 aromatic carbocycles. The van der Waals surface area contributed by atoms with Crippen molar-refractivity contribution in [2.45, 2.75) is 0 Å². The first-order chi connectivity index (χ1) is 14.5. The van der Waals surface area contributed by atoms with Crippen molar-refractivity contribution < 1.29 is 9.53 Å². The highest BCUT2D eigenvalue weighted by molar-refractivity contribution is 5.95. The van der Waals surface area contributed by atoms with Crippen LogP contribution in [0.25, 0.3) is 0 Å². The first-order valence-corrected chi connectivity index (χ1v) is 9.32. The molecule has 0 saturated carbocycles. The topological polar surface area (TPSA) is 78.6 Å². The zero-order valence-corrected chi connectivity index (χ0v) is 17.1. The summed E-state index contributed by atoms with van der Waals surface area (Å²) in [6.07, 6.45) is 1.57. The maximum atomic E-state index is 12.1. The second-order valence-corrected chi connectivity index (χ2v) is 6.63. The van der Waals surface area contributed by atoms with E-state index in [2.05, 4.69) is 20.8 Å². The number of amides is 1. The number of anilines is 1. The van der Waals surface area contributed by atoms with Crippen LogP contribution in [0.4, 0.5) is 17.1 Å². The Kier molecular flexibility index (Phi) is 6.89. The number of carbonyl (C=O) groups excluding carboxylic acids is 1. The average molecular weight is 401 g/mol. The third kappa shape index (κ3) is 5.75. The summed E-state index contributed by atoms with van der Waals surface area (Å²) in [6.45, 7) is 0. The van der Waals surface area contributed by atoms with E-state index in [4.69, 9.17) is 4.74 Å². The summed E-state index contributed by atoms with van der Waals surface area (Å²) in [5.74, 6) is 0.400. The van der Waals surface area contributed by atoms with Gasteiger partial charge in [0.2, 0.25) is 0 Å². The molecule has 0 spiro atoms. The van der Waals surface area contributed by atoms with Crippen molar-refractivity contribution in [2.75, 3.05) is 26.1 Å². The van der Waals surface area contributed by atoms with Gasteiger partial charge in [-0.2, -0.15) is 15.3 Å². The molecule has 30 heavy (non-hydrogen) atoms. The van der Waals surface area contributed by atoms with Gasteiger partial charge in [-0.3, -0.25) is 4.79 Å². The van der Waals surface area contributed by atoms with Crippen molar-refractivity contribution in [2.24, 2.45) is 15.3 Å². The number of hydrazone groups is 1. The summed E-state index contributed by atoms with van der Waals surface area (Å²) >= 11 is 0. The van der Waals surface area contributed by atoms with E-state index in [0.717, 1.165) is 22.6 Å². The van der Waals surface area contributed by atoms with E-state index < -0.39 is 0 Å². The van der Waals surface area contributed by atoms with Gasteiger partial charge in [0.1, 0.15) is 5.75 Å². The number of benzene rings is 3. The van der Waals surface area contributed by atoms with Gasteiger partial charge in [-0.15, -0.1) is 0 Å². The van der Waals surface area contributed by atoms with Crippen LogP contribution < -0.4 is 15.1 Å². The van der Waals surface area contributed by atoms with Crippen molar-refractivity contribution in [3.63, 3.8) is 0 Å². The lowest BCUT2D eigenvalue weighted by Crippen LogP contribution is -2.17. The van der Waals surface area contributed by atoms with E-state index in [1.54, 1.807) is 37.6 Å². The Bertz CT molecular complexity index is 1020. The van der Waals surface area contributed by atoms with Gasteiger partial charge in [0, 0.05) is 25.3 Å². The van der Waals surface area contributed by atoms with Gasteiger partial charge in [0.25, 0.3) is 5.91 Å². The normalized spacial score (nSPS) is 11.0. The molecule has 0 aliphatic rings. The molecule has 7 heteroatoms. The maximum absolute atomic E-state index is 12.1. The van der Waals surface area contributed by atoms with Crippen LogP contribution in [-0.4, -0.2) is 33.3 Å². The number of hydrogen-bond donors (Lipinski definition) is 1. The minimum Gasteiger partial charge on any atom is -0.497 e. The monoisotopic (exact) mass is 401 g/mol. The van der Waals surface area contributed by atoms with E-state index in [1.165, 1.54) is 0 Å². The van der Waals surface area contributed by atoms with Crippen molar-refractivity contribution in [1.82, 2.24) is 5.43 Å². The first kappa shape index (κ1) is 20.7. The molecule has 0 aromatic heterocycles. The predicted molar refractivity (Wildman–Crippen MR) is 119 cm³/mol. The fourth-order valence-electron chi connectivity index (χ4n) is 2.53. The Morgan fingerprint density at radius 1 is 0.867 bits per heavy atom. The maximum Gasteiger partial charge on any atom is 0.271 e. The molecular formula is C23H23N5O2. The molecule has 0 fully saturated rings. The Morgan fingerprint density at radius 3 is 1.97 bits per heavy atom. The molecule has 0 saturated heterocycles. The molecule has 7 nitrogen and oxygen atoms in total. The van der Waals surface area contributed by atoms with E-state index in [-0.39, 0.29) is 5.91 Å². The van der Waals surface area contributed by atoms with Crippen LogP contribution in [-0.2, 0) is 0 Å². The number of rotatable bonds is 7. The van der Waals surface area contributed by atoms with Gasteiger partial charge in [0.15, 0.2) is 0 Å². The molecular weight excluding hydrogens is 378 g/mol. The molecule has 0 bridgehead atoms. The van der Waals surface area contributed by atoms with E-state index in [0.29, 0.717) is 11.3 Å². The highest BCUT2D eigenvalue weighted by Gasteiger charge is 2.03. The third-order valence-electron chi connectivity index (χ3n) is 4.27. The molecule has 1 N–H and O–H groups in total. The van der Waals surface area contributed by atoms with Crippen LogP contribution in [0.15, 0.2) is 88.1 Å². The molecule has 0 heterocycles. The van der Waals surface area contributed by atoms with Gasteiger partial charge in [0.05, 0.1) is 24.7 Å². The fraction of sp³-hybridized carbons (Fsp3) is 0.130. The van der Waals surface area contributed by atoms with Gasteiger partial charge >= 0.3 is 0 Å². The standard InChI is InChI=1S/C23H23N5O2/c1-28(2)21-12-10-20(11-13-21)26-25-19-8-4-17(5-9-19)16-24-27-23(29)18-6-14-22(30-3)15-7-18/h4-16H,1-3H3,(H,27,29)/b24-16+,26-25?. The molecule has 152 valence electrons. The van der Waals surface area contributed by atoms with Crippen LogP contribution in [0, 0.1) is 0 Å². The Balaban J connectivity index is 1.55. The number of hydrogen-bond acceptors (Lipinski definition) is 6. The van der Waals surface area contributed by atoms with Gasteiger partial charge < -0.3 is 9.64 Å². The lowest BCUT2D eigenvalue weighted by Gasteiger charge is -2.11. The molecule has 0 aliphatic heterocycles. The number of azo groups is 1. The van der Waals surface area contributed by atoms with Crippen molar-refractivity contribution in [3.8, 4) is 5.75 Å². The van der Waals surface area contributed by atoms with E-state index in [1.807, 2.05) is 67.5 Å². The largest absolute Gasteiger partial charge is 0.497 e. The summed E-state index contributed by atoms with van der Waals surface area (Å²) in [6, 6.07) is 22.0. The molecule has 3 rings (SSSR count). The number of carbonyl (C=O) groups is 1. The highest BCUT2D eigenvalue weighted by atomic mass is 16.5. The lowest BCUT2D eigenvalue weighted by atomic mass is 10.2. The Morgan fingerprint density at radius 2 is 1.43 bits per heavy atom. The summed E-state index contributed by atoms with van der Waals surface area (Å²) < 4.78 is 5.08. The van der Waals surface area contributed by atoms with E-state index >= 15 is 0 Å². The lowest BCUT2D eigenvalue weighted by molar-refractivity contribution is 0.0955. The second kappa shape index (κ2) is 9.97. The summed E-state index contributed by atoms with van der Waals surface area (Å²) in [4.78, 5) is 14.1. The zero-order chi connectivity index (χ0) is 21.3. The number of nitrogens with zero attached hydrogens (tertiary/aromatic N) is 4. The second-order valence-electron chi connectivity index (χ2n) is 6.63. The van der Waals surface area contributed by atoms with Crippen LogP contribution in [0.3, 0.4) is 0 Å². The van der Waals surface area contributed by atoms with Crippen molar-refractivity contribution in [1.29, 1.82) is 0 Å². The van der Waals surface area contributed by atoms with Crippen LogP contribution in [0.2, 0.25) is 0 Å². The number of ether oxygens (including phenoxy) is 1. The molecule has 0 atom stereocenters. The predicted octanol–water partition coefficient (Wildman–Crippen LogP) is 4.94. The van der Waals surface area contributed by atoms with Crippen molar-refractivity contribution in [3.05, 3.63) is 83.9 Å². The minimum absolute atomic E-state index is 0.292. The summed E-state index contributed by atoms with van der Waals surface area (Å²) in [7, 11) is 5.56. The van der Waals surface area contributed by atoms with Crippen LogP contribution in [0.5, 0.6) is 5.75 Å². The molecule has 3 aromatic rings. The minimum atomic E-state index is -0.292. The van der Waals surface area contributed by atoms with Gasteiger partial charge in [-0.1, -0.05) is 12.1 Å². The smallest absolute Gasteiger partial charge is 0.271 e. The summed E-state index contributed by atoms with van der Waals surface area (Å²) in [5, 5.41) is 12.5. The van der Waals surface area contributed by atoms with Gasteiger partial charge in [-0.25, -0.2) is 5.43 Å². The van der Waals surface area contributed by atoms with E-state index in [9.17, 15) is 4.79 Å². The zero-order valence-electron chi connectivity index (χ0n) is 17.1. The first-order valence-electron chi connectivity index (χ1n) is 9.32. The molecule has 1 amide bonds.